The van der Waals surface area contributed by atoms with E-state index in [1.807, 2.05) is 46.0 Å². The van der Waals surface area contributed by atoms with Crippen LogP contribution in [0, 0.1) is 0 Å². The highest BCUT2D eigenvalue weighted by molar-refractivity contribution is 5.52. The number of rotatable bonds is 7. The van der Waals surface area contributed by atoms with E-state index in [1.165, 1.54) is 32.1 Å². The molecule has 0 aromatic heterocycles. The van der Waals surface area contributed by atoms with Crippen molar-refractivity contribution in [1.29, 1.82) is 0 Å². The first-order valence-corrected chi connectivity index (χ1v) is 16.1. The Morgan fingerprint density at radius 2 is 0.729 bits per heavy atom. The molecule has 5 nitrogen and oxygen atoms in total. The normalized spacial score (nSPS) is 7.27. The SMILES string of the molecule is C.C.C.C.C.C.C.C.CC=CN(C)CC.CC=CNCC.CC=NC.CC=NC.CCC.CCC.CCC.CCCC.CCN(C)CC. The molecule has 0 aliphatic carbocycles. The first-order chi connectivity index (χ1) is 19.0. The summed E-state index contributed by atoms with van der Waals surface area (Å²) < 4.78 is 0. The van der Waals surface area contributed by atoms with Crippen molar-refractivity contribution in [2.75, 3.05) is 54.4 Å². The van der Waals surface area contributed by atoms with Crippen molar-refractivity contribution in [1.82, 2.24) is 15.1 Å². The lowest BCUT2D eigenvalue weighted by molar-refractivity contribution is 0.373. The second-order valence-electron chi connectivity index (χ2n) is 8.26. The van der Waals surface area contributed by atoms with E-state index < -0.39 is 0 Å². The number of aliphatic imine (C=N–C) groups is 2. The third-order valence-electron chi connectivity index (χ3n) is 3.49. The molecule has 0 heterocycles. The van der Waals surface area contributed by atoms with Crippen molar-refractivity contribution in [3.05, 3.63) is 24.6 Å². The van der Waals surface area contributed by atoms with Gasteiger partial charge >= 0.3 is 0 Å². The lowest BCUT2D eigenvalue weighted by atomic mass is 10.4. The molecule has 1 N–H and O–H groups in total. The second-order valence-corrected chi connectivity index (χ2v) is 8.26. The molecule has 0 saturated heterocycles. The van der Waals surface area contributed by atoms with Crippen LogP contribution in [0.3, 0.4) is 0 Å². The van der Waals surface area contributed by atoms with Gasteiger partial charge < -0.3 is 25.1 Å². The number of nitrogens with one attached hydrogen (secondary N) is 1. The summed E-state index contributed by atoms with van der Waals surface area (Å²) in [5.74, 6) is 0. The molecular formula is C43H117N5. The van der Waals surface area contributed by atoms with Crippen LogP contribution in [0.2, 0.25) is 0 Å². The van der Waals surface area contributed by atoms with Crippen LogP contribution in [-0.2, 0) is 0 Å². The van der Waals surface area contributed by atoms with Crippen LogP contribution >= 0.6 is 0 Å². The van der Waals surface area contributed by atoms with Gasteiger partial charge in [-0.3, -0.25) is 0 Å². The molecule has 0 amide bonds. The van der Waals surface area contributed by atoms with E-state index >= 15 is 0 Å². The monoisotopic (exact) mass is 704 g/mol. The van der Waals surface area contributed by atoms with Gasteiger partial charge in [0.2, 0.25) is 0 Å². The van der Waals surface area contributed by atoms with Crippen LogP contribution in [0.5, 0.6) is 0 Å². The van der Waals surface area contributed by atoms with Crippen LogP contribution < -0.4 is 5.32 Å². The molecule has 0 aromatic carbocycles. The summed E-state index contributed by atoms with van der Waals surface area (Å²) in [6.07, 6.45) is 17.9. The molecule has 0 aliphatic heterocycles. The molecule has 0 atom stereocenters. The van der Waals surface area contributed by atoms with Gasteiger partial charge in [0.05, 0.1) is 0 Å². The fourth-order valence-corrected chi connectivity index (χ4v) is 0.819. The average Bonchev–Trinajstić information content (AvgIpc) is 2.97. The molecule has 0 saturated carbocycles. The number of hydrogen-bond acceptors (Lipinski definition) is 5. The highest BCUT2D eigenvalue weighted by atomic mass is 15.1. The molecule has 5 heteroatoms. The van der Waals surface area contributed by atoms with E-state index in [0.717, 1.165) is 26.2 Å². The van der Waals surface area contributed by atoms with E-state index in [2.05, 4.69) is 128 Å². The smallest absolute Gasteiger partial charge is 0.0273 e. The number of unbranched alkanes of at least 4 members (excludes halogenated alkanes) is 1. The second kappa shape index (κ2) is 178. The lowest BCUT2D eigenvalue weighted by Crippen LogP contribution is -2.15. The molecule has 0 aromatic rings. The van der Waals surface area contributed by atoms with E-state index in [9.17, 15) is 0 Å². The van der Waals surface area contributed by atoms with Crippen molar-refractivity contribution < 1.29 is 0 Å². The summed E-state index contributed by atoms with van der Waals surface area (Å²) in [7, 11) is 7.67. The zero-order chi connectivity index (χ0) is 33.9. The summed E-state index contributed by atoms with van der Waals surface area (Å²) in [5, 5.41) is 3.02. The van der Waals surface area contributed by atoms with Crippen molar-refractivity contribution in [3.63, 3.8) is 0 Å². The molecule has 0 radical (unpaired) electrons. The molecule has 0 rings (SSSR count). The van der Waals surface area contributed by atoms with Crippen molar-refractivity contribution in [2.24, 2.45) is 9.98 Å². The van der Waals surface area contributed by atoms with Crippen LogP contribution in [0.25, 0.3) is 0 Å². The zero-order valence-corrected chi connectivity index (χ0v) is 32.1. The van der Waals surface area contributed by atoms with Crippen LogP contribution in [0.1, 0.15) is 202 Å². The maximum absolute atomic E-state index is 3.61. The Labute approximate surface area is 318 Å². The van der Waals surface area contributed by atoms with Crippen LogP contribution in [0.15, 0.2) is 34.5 Å². The van der Waals surface area contributed by atoms with Gasteiger partial charge in [0.15, 0.2) is 0 Å². The number of hydrogen-bond donors (Lipinski definition) is 1. The van der Waals surface area contributed by atoms with Gasteiger partial charge in [-0.1, -0.05) is 173 Å². The largest absolute Gasteiger partial charge is 0.391 e. The predicted molar refractivity (Wildman–Crippen MR) is 253 cm³/mol. The summed E-state index contributed by atoms with van der Waals surface area (Å²) in [6, 6.07) is 0. The van der Waals surface area contributed by atoms with Crippen LogP contribution in [0.4, 0.5) is 0 Å². The first kappa shape index (κ1) is 111. The third-order valence-corrected chi connectivity index (χ3v) is 3.49. The minimum absolute atomic E-state index is 0. The first-order valence-electron chi connectivity index (χ1n) is 16.1. The summed E-state index contributed by atoms with van der Waals surface area (Å²) >= 11 is 0. The van der Waals surface area contributed by atoms with E-state index in [4.69, 9.17) is 0 Å². The summed E-state index contributed by atoms with van der Waals surface area (Å²) in [4.78, 5) is 11.6. The van der Waals surface area contributed by atoms with E-state index in [0.29, 0.717) is 0 Å². The van der Waals surface area contributed by atoms with Gasteiger partial charge in [0.25, 0.3) is 0 Å². The van der Waals surface area contributed by atoms with Gasteiger partial charge in [-0.05, 0) is 86.5 Å². The topological polar surface area (TPSA) is 43.2 Å². The lowest BCUT2D eigenvalue weighted by Gasteiger charge is -2.07. The highest BCUT2D eigenvalue weighted by Gasteiger charge is 1.81. The minimum Gasteiger partial charge on any atom is -0.391 e. The zero-order valence-electron chi connectivity index (χ0n) is 32.1. The maximum atomic E-state index is 3.61. The molecule has 314 valence electrons. The van der Waals surface area contributed by atoms with E-state index in [-0.39, 0.29) is 59.4 Å². The third kappa shape index (κ3) is 467. The molecule has 48 heavy (non-hydrogen) atoms. The number of allylic oxidation sites excluding steroid dienone is 2. The summed E-state index contributed by atoms with van der Waals surface area (Å²) in [5.41, 5.74) is 0. The molecular weight excluding hydrogens is 587 g/mol. The maximum Gasteiger partial charge on any atom is 0.0273 e. The minimum atomic E-state index is 0. The fourth-order valence-electron chi connectivity index (χ4n) is 0.819. The van der Waals surface area contributed by atoms with Crippen LogP contribution in [-0.4, -0.2) is 76.6 Å². The van der Waals surface area contributed by atoms with E-state index in [1.54, 1.807) is 26.5 Å². The van der Waals surface area contributed by atoms with Crippen molar-refractivity contribution >= 4 is 12.4 Å². The van der Waals surface area contributed by atoms with Gasteiger partial charge in [-0.15, -0.1) is 0 Å². The van der Waals surface area contributed by atoms with Gasteiger partial charge in [0.1, 0.15) is 0 Å². The Balaban J connectivity index is -0.0000000149. The Morgan fingerprint density at radius 1 is 0.479 bits per heavy atom. The quantitative estimate of drug-likeness (QED) is 0.268. The standard InChI is InChI=1S/C6H13N.C5H13N.C5H11N.C4H10.2C3H7N.3C3H8.8CH4/c1-4-6-7(3)5-2;1-4-6(3)5-2;1-3-5-6-4-2;3*1-3-4-2;3*1-3-2;;;;;;;;/h4,6H,5H2,1-3H3;4-5H2,1-3H3;3,5-6H,4H2,1-2H3;3-4H2,1-2H3;2*3H,1-2H3;3*3H2,1-2H3;8*1H4. The van der Waals surface area contributed by atoms with Crippen molar-refractivity contribution in [3.8, 4) is 0 Å². The molecule has 0 aliphatic rings. The summed E-state index contributed by atoms with van der Waals surface area (Å²) in [6.45, 7) is 37.8. The molecule has 0 spiro atoms. The Kier molecular flexibility index (Phi) is 411. The Morgan fingerprint density at radius 3 is 0.771 bits per heavy atom. The Bertz CT molecular complexity index is 351. The molecule has 0 fully saturated rings. The van der Waals surface area contributed by atoms with Gasteiger partial charge in [0, 0.05) is 34.2 Å². The average molecular weight is 704 g/mol. The number of nitrogens with zero attached hydrogens (tertiary/aromatic N) is 4. The van der Waals surface area contributed by atoms with Gasteiger partial charge in [-0.25, -0.2) is 0 Å². The Hall–Kier alpha value is -1.62. The fraction of sp³-hybridized carbons (Fsp3) is 0.860. The molecule has 0 unspecified atom stereocenters. The van der Waals surface area contributed by atoms with Gasteiger partial charge in [-0.2, -0.15) is 0 Å². The predicted octanol–water partition coefficient (Wildman–Crippen LogP) is 16.1. The highest BCUT2D eigenvalue weighted by Crippen LogP contribution is 1.79. The van der Waals surface area contributed by atoms with Crippen molar-refractivity contribution in [2.45, 2.75) is 202 Å². The molecule has 0 bridgehead atoms.